The van der Waals surface area contributed by atoms with Gasteiger partial charge in [-0.3, -0.25) is 0 Å². The summed E-state index contributed by atoms with van der Waals surface area (Å²) in [6.45, 7) is 0. The third-order valence-electron chi connectivity index (χ3n) is 13.1. The molecule has 14 rings (SSSR count). The number of furan rings is 1. The summed E-state index contributed by atoms with van der Waals surface area (Å²) in [6.07, 6.45) is 0. The van der Waals surface area contributed by atoms with Crippen LogP contribution in [0.2, 0.25) is 0 Å². The molecule has 0 aliphatic heterocycles. The van der Waals surface area contributed by atoms with Crippen molar-refractivity contribution >= 4 is 87.1 Å². The molecule has 14 aromatic rings. The van der Waals surface area contributed by atoms with Crippen LogP contribution in [0.1, 0.15) is 0 Å². The molecule has 4 heterocycles. The van der Waals surface area contributed by atoms with Gasteiger partial charge in [-0.05, 0) is 82.2 Å². The van der Waals surface area contributed by atoms with E-state index in [0.29, 0.717) is 17.5 Å². The molecule has 4 aromatic heterocycles. The molecule has 65 heavy (non-hydrogen) atoms. The van der Waals surface area contributed by atoms with Crippen molar-refractivity contribution in [2.24, 2.45) is 0 Å². The number of fused-ring (bicyclic) bond motifs is 11. The summed E-state index contributed by atoms with van der Waals surface area (Å²) in [5.74, 6) is 1.77. The van der Waals surface area contributed by atoms with E-state index in [4.69, 9.17) is 19.4 Å². The standard InChI is InChI=1S/C59H35N5O/c1-2-20-40(21-3-1)63-50-29-12-9-25-45(50)55-46(27-15-30-51(55)63)59-61-57(60-58(62-59)44-26-14-19-36-16-6-7-22-41(36)44)39-33-48-43-24-10-13-31-54(43)65-56(48)53(35-39)64-49-28-11-8-23-42(49)47-32-37-17-4-5-18-38(37)34-52(47)64/h1-35H. The highest BCUT2D eigenvalue weighted by atomic mass is 16.3. The van der Waals surface area contributed by atoms with E-state index in [2.05, 4.69) is 209 Å². The van der Waals surface area contributed by atoms with Gasteiger partial charge >= 0.3 is 0 Å². The van der Waals surface area contributed by atoms with Gasteiger partial charge in [-0.2, -0.15) is 0 Å². The van der Waals surface area contributed by atoms with E-state index in [-0.39, 0.29) is 0 Å². The van der Waals surface area contributed by atoms with Crippen molar-refractivity contribution in [1.82, 2.24) is 24.1 Å². The minimum atomic E-state index is 0.571. The van der Waals surface area contributed by atoms with Crippen LogP contribution in [0.25, 0.3) is 133 Å². The first-order valence-corrected chi connectivity index (χ1v) is 21.9. The molecule has 0 saturated carbocycles. The summed E-state index contributed by atoms with van der Waals surface area (Å²) < 4.78 is 11.6. The van der Waals surface area contributed by atoms with Gasteiger partial charge < -0.3 is 13.6 Å². The molecule has 10 aromatic carbocycles. The van der Waals surface area contributed by atoms with Gasteiger partial charge in [0.25, 0.3) is 0 Å². The number of para-hydroxylation sites is 4. The maximum absolute atomic E-state index is 6.87. The van der Waals surface area contributed by atoms with Crippen LogP contribution in [0.4, 0.5) is 0 Å². The highest BCUT2D eigenvalue weighted by Crippen LogP contribution is 2.43. The van der Waals surface area contributed by atoms with Gasteiger partial charge in [0.1, 0.15) is 5.58 Å². The first kappa shape index (κ1) is 35.7. The lowest BCUT2D eigenvalue weighted by atomic mass is 10.0. The quantitative estimate of drug-likeness (QED) is 0.173. The second kappa shape index (κ2) is 13.8. The Labute approximate surface area is 371 Å². The molecule has 0 unspecified atom stereocenters. The predicted octanol–water partition coefficient (Wildman–Crippen LogP) is 15.3. The lowest BCUT2D eigenvalue weighted by molar-refractivity contribution is 0.666. The zero-order valence-corrected chi connectivity index (χ0v) is 34.9. The molecule has 0 amide bonds. The zero-order chi connectivity index (χ0) is 42.6. The fourth-order valence-corrected chi connectivity index (χ4v) is 10.2. The monoisotopic (exact) mass is 829 g/mol. The van der Waals surface area contributed by atoms with E-state index in [1.54, 1.807) is 0 Å². The Balaban J connectivity index is 1.10. The van der Waals surface area contributed by atoms with Gasteiger partial charge in [-0.1, -0.05) is 152 Å². The van der Waals surface area contributed by atoms with Crippen LogP contribution in [0.5, 0.6) is 0 Å². The van der Waals surface area contributed by atoms with Crippen molar-refractivity contribution in [3.63, 3.8) is 0 Å². The Bertz CT molecular complexity index is 4250. The molecule has 302 valence electrons. The van der Waals surface area contributed by atoms with Gasteiger partial charge in [0.05, 0.1) is 27.8 Å². The number of benzene rings is 10. The summed E-state index contributed by atoms with van der Waals surface area (Å²) in [5.41, 5.74) is 10.7. The van der Waals surface area contributed by atoms with E-state index in [1.165, 1.54) is 21.5 Å². The molecular weight excluding hydrogens is 795 g/mol. The number of nitrogens with zero attached hydrogens (tertiary/aromatic N) is 5. The average Bonchev–Trinajstić information content (AvgIpc) is 4.03. The normalized spacial score (nSPS) is 12.0. The largest absolute Gasteiger partial charge is 0.454 e. The number of aromatic nitrogens is 5. The van der Waals surface area contributed by atoms with Crippen molar-refractivity contribution < 1.29 is 4.42 Å². The Morgan fingerprint density at radius 3 is 1.75 bits per heavy atom. The molecule has 0 radical (unpaired) electrons. The van der Waals surface area contributed by atoms with E-state index >= 15 is 0 Å². The van der Waals surface area contributed by atoms with Gasteiger partial charge in [0, 0.05) is 54.7 Å². The Kier molecular flexibility index (Phi) is 7.59. The SMILES string of the molecule is c1ccc(-n2c3ccccc3c3c(-c4nc(-c5cc(-n6c7ccccc7c7cc8ccccc8cc76)c6oc7ccccc7c6c5)nc(-c5cccc6ccccc56)n4)cccc32)cc1. The molecule has 0 aliphatic rings. The Morgan fingerprint density at radius 2 is 0.923 bits per heavy atom. The second-order valence-corrected chi connectivity index (χ2v) is 16.8. The van der Waals surface area contributed by atoms with Crippen LogP contribution < -0.4 is 0 Å². The van der Waals surface area contributed by atoms with E-state index in [1.807, 2.05) is 12.1 Å². The van der Waals surface area contributed by atoms with Crippen molar-refractivity contribution in [3.8, 4) is 45.5 Å². The Hall–Kier alpha value is -8.87. The van der Waals surface area contributed by atoms with Crippen LogP contribution in [0.3, 0.4) is 0 Å². The van der Waals surface area contributed by atoms with Crippen molar-refractivity contribution in [2.75, 3.05) is 0 Å². The van der Waals surface area contributed by atoms with Gasteiger partial charge in [-0.25, -0.2) is 15.0 Å². The minimum absolute atomic E-state index is 0.571. The van der Waals surface area contributed by atoms with E-state index in [0.717, 1.165) is 93.6 Å². The predicted molar refractivity (Wildman–Crippen MR) is 267 cm³/mol. The number of hydrogen-bond donors (Lipinski definition) is 0. The highest BCUT2D eigenvalue weighted by Gasteiger charge is 2.24. The van der Waals surface area contributed by atoms with Crippen molar-refractivity contribution in [1.29, 1.82) is 0 Å². The van der Waals surface area contributed by atoms with Crippen molar-refractivity contribution in [3.05, 3.63) is 212 Å². The van der Waals surface area contributed by atoms with Crippen molar-refractivity contribution in [2.45, 2.75) is 0 Å². The lowest BCUT2D eigenvalue weighted by Gasteiger charge is -2.14. The van der Waals surface area contributed by atoms with Crippen LogP contribution in [-0.2, 0) is 0 Å². The summed E-state index contributed by atoms with van der Waals surface area (Å²) in [5, 5.41) is 11.1. The summed E-state index contributed by atoms with van der Waals surface area (Å²) in [7, 11) is 0. The second-order valence-electron chi connectivity index (χ2n) is 16.8. The van der Waals surface area contributed by atoms with E-state index < -0.39 is 0 Å². The third kappa shape index (κ3) is 5.38. The fraction of sp³-hybridized carbons (Fsp3) is 0. The molecule has 0 spiro atoms. The van der Waals surface area contributed by atoms with Crippen LogP contribution >= 0.6 is 0 Å². The first-order chi connectivity index (χ1) is 32.2. The topological polar surface area (TPSA) is 61.7 Å². The first-order valence-electron chi connectivity index (χ1n) is 21.9. The molecule has 6 heteroatoms. The lowest BCUT2D eigenvalue weighted by Crippen LogP contribution is -2.02. The maximum Gasteiger partial charge on any atom is 0.164 e. The molecule has 0 N–H and O–H groups in total. The summed E-state index contributed by atoms with van der Waals surface area (Å²) in [4.78, 5) is 16.4. The highest BCUT2D eigenvalue weighted by molar-refractivity contribution is 6.17. The van der Waals surface area contributed by atoms with Crippen LogP contribution in [-0.4, -0.2) is 24.1 Å². The van der Waals surface area contributed by atoms with Gasteiger partial charge in [-0.15, -0.1) is 0 Å². The number of hydrogen-bond acceptors (Lipinski definition) is 4. The fourth-order valence-electron chi connectivity index (χ4n) is 10.2. The Morgan fingerprint density at radius 1 is 0.338 bits per heavy atom. The minimum Gasteiger partial charge on any atom is -0.454 e. The summed E-state index contributed by atoms with van der Waals surface area (Å²) >= 11 is 0. The van der Waals surface area contributed by atoms with Gasteiger partial charge in [0.15, 0.2) is 23.1 Å². The van der Waals surface area contributed by atoms with Gasteiger partial charge in [0.2, 0.25) is 0 Å². The van der Waals surface area contributed by atoms with Crippen LogP contribution in [0, 0.1) is 0 Å². The zero-order valence-electron chi connectivity index (χ0n) is 34.9. The molecule has 0 aliphatic carbocycles. The third-order valence-corrected chi connectivity index (χ3v) is 13.1. The molecule has 0 bridgehead atoms. The van der Waals surface area contributed by atoms with E-state index in [9.17, 15) is 0 Å². The van der Waals surface area contributed by atoms with Crippen LogP contribution in [0.15, 0.2) is 217 Å². The average molecular weight is 830 g/mol. The molecule has 0 atom stereocenters. The molecule has 6 nitrogen and oxygen atoms in total. The maximum atomic E-state index is 6.87. The smallest absolute Gasteiger partial charge is 0.164 e. The summed E-state index contributed by atoms with van der Waals surface area (Å²) in [6, 6.07) is 74.9. The molecule has 0 fully saturated rings. The molecular formula is C59H35N5O. The number of rotatable bonds is 5. The molecule has 0 saturated heterocycles.